The van der Waals surface area contributed by atoms with E-state index in [4.69, 9.17) is 49.5 Å². The van der Waals surface area contributed by atoms with Gasteiger partial charge in [-0.2, -0.15) is 0 Å². The number of carbonyl (C=O) groups excluding carboxylic acids is 5. The monoisotopic (exact) mass is 971 g/mol. The molecule has 16 nitrogen and oxygen atoms in total. The molecule has 0 spiro atoms. The zero-order valence-electron chi connectivity index (χ0n) is 39.1. The van der Waals surface area contributed by atoms with Gasteiger partial charge < -0.3 is 48.5 Å². The van der Waals surface area contributed by atoms with Crippen molar-refractivity contribution in [2.45, 2.75) is 51.3 Å². The van der Waals surface area contributed by atoms with E-state index < -0.39 is 35.8 Å². The molecule has 0 radical (unpaired) electrons. The van der Waals surface area contributed by atoms with Crippen LogP contribution in [-0.4, -0.2) is 76.1 Å². The number of ether oxygens (including phenoxy) is 8. The molecule has 9 rings (SSSR count). The molecule has 4 atom stereocenters. The SMILES string of the molecule is COc1ccc2c(c1)c(CC(=O)NCc1ccc(CNC(=O)CCC(=O)O[C@@H]3c4cc5c(cc4C(c4cc(OC)c(OC)c(OC)c4)[C@@H]4C(=O)OCC43)OCO5)cc1)c(C)n2C(=O)c1ccc(Cl)cc1. The Kier molecular flexibility index (Phi) is 13.6. The van der Waals surface area contributed by atoms with Crippen LogP contribution in [0.25, 0.3) is 10.9 Å². The minimum Gasteiger partial charge on any atom is -0.497 e. The van der Waals surface area contributed by atoms with Gasteiger partial charge in [-0.15, -0.1) is 0 Å². The molecule has 362 valence electrons. The smallest absolute Gasteiger partial charge is 0.310 e. The average Bonchev–Trinajstić information content (AvgIpc) is 4.08. The number of carbonyl (C=O) groups is 5. The Morgan fingerprint density at radius 2 is 1.37 bits per heavy atom. The van der Waals surface area contributed by atoms with Crippen molar-refractivity contribution >= 4 is 52.2 Å². The highest BCUT2D eigenvalue weighted by Gasteiger charge is 2.54. The fraction of sp³-hybridized carbons (Fsp3) is 0.302. The molecule has 3 aliphatic rings. The summed E-state index contributed by atoms with van der Waals surface area (Å²) in [6.45, 7) is 2.30. The summed E-state index contributed by atoms with van der Waals surface area (Å²) in [6.07, 6.45) is -1.21. The van der Waals surface area contributed by atoms with E-state index in [1.54, 1.807) is 66.3 Å². The lowest BCUT2D eigenvalue weighted by Crippen LogP contribution is -2.36. The minimum atomic E-state index is -0.885. The van der Waals surface area contributed by atoms with Crippen molar-refractivity contribution in [1.82, 2.24) is 15.2 Å². The van der Waals surface area contributed by atoms with Crippen molar-refractivity contribution in [1.29, 1.82) is 0 Å². The molecular formula is C53H50ClN3O13. The number of hydrogen-bond donors (Lipinski definition) is 2. The van der Waals surface area contributed by atoms with Gasteiger partial charge in [0.15, 0.2) is 23.0 Å². The zero-order chi connectivity index (χ0) is 49.2. The van der Waals surface area contributed by atoms with Gasteiger partial charge in [0, 0.05) is 58.6 Å². The summed E-state index contributed by atoms with van der Waals surface area (Å²) >= 11 is 6.07. The topological polar surface area (TPSA) is 188 Å². The number of esters is 2. The van der Waals surface area contributed by atoms with Gasteiger partial charge in [-0.05, 0) is 101 Å². The molecule has 5 aromatic carbocycles. The van der Waals surface area contributed by atoms with Gasteiger partial charge in [-0.25, -0.2) is 0 Å². The third-order valence-corrected chi connectivity index (χ3v) is 13.4. The second-order valence-corrected chi connectivity index (χ2v) is 17.6. The summed E-state index contributed by atoms with van der Waals surface area (Å²) in [5, 5.41) is 7.10. The van der Waals surface area contributed by atoms with Crippen LogP contribution in [0.2, 0.25) is 5.02 Å². The van der Waals surface area contributed by atoms with Gasteiger partial charge in [0.05, 0.1) is 59.3 Å². The van der Waals surface area contributed by atoms with Crippen LogP contribution in [0.15, 0.2) is 91.0 Å². The largest absolute Gasteiger partial charge is 0.497 e. The van der Waals surface area contributed by atoms with Gasteiger partial charge in [0.1, 0.15) is 11.9 Å². The van der Waals surface area contributed by atoms with Crippen molar-refractivity contribution in [3.8, 4) is 34.5 Å². The summed E-state index contributed by atoms with van der Waals surface area (Å²) in [5.74, 6) is -0.981. The zero-order valence-corrected chi connectivity index (χ0v) is 39.8. The Morgan fingerprint density at radius 1 is 0.729 bits per heavy atom. The lowest BCUT2D eigenvalue weighted by atomic mass is 9.66. The summed E-state index contributed by atoms with van der Waals surface area (Å²) in [6, 6.07) is 26.7. The van der Waals surface area contributed by atoms with Crippen molar-refractivity contribution in [3.05, 3.63) is 141 Å². The maximum Gasteiger partial charge on any atom is 0.310 e. The highest BCUT2D eigenvalue weighted by atomic mass is 35.5. The summed E-state index contributed by atoms with van der Waals surface area (Å²) < 4.78 is 47.2. The Bertz CT molecular complexity index is 3000. The normalized spacial score (nSPS) is 17.5. The highest BCUT2D eigenvalue weighted by molar-refractivity contribution is 6.30. The van der Waals surface area contributed by atoms with Crippen LogP contribution in [0.4, 0.5) is 0 Å². The lowest BCUT2D eigenvalue weighted by Gasteiger charge is -2.38. The Morgan fingerprint density at radius 3 is 2.00 bits per heavy atom. The molecule has 1 saturated heterocycles. The van der Waals surface area contributed by atoms with Crippen molar-refractivity contribution in [2.75, 3.05) is 41.8 Å². The lowest BCUT2D eigenvalue weighted by molar-refractivity contribution is -0.155. The number of amides is 2. The number of hydrogen-bond acceptors (Lipinski definition) is 13. The molecule has 1 fully saturated rings. The molecule has 0 saturated carbocycles. The van der Waals surface area contributed by atoms with Crippen molar-refractivity contribution in [3.63, 3.8) is 0 Å². The predicted octanol–water partition coefficient (Wildman–Crippen LogP) is 7.53. The number of halogens is 1. The Labute approximate surface area is 408 Å². The molecule has 1 aromatic heterocycles. The molecule has 1 aliphatic carbocycles. The molecule has 0 bridgehead atoms. The first-order valence-electron chi connectivity index (χ1n) is 22.6. The van der Waals surface area contributed by atoms with Crippen LogP contribution in [0.3, 0.4) is 0 Å². The Balaban J connectivity index is 0.809. The van der Waals surface area contributed by atoms with E-state index in [0.29, 0.717) is 78.5 Å². The number of methoxy groups -OCH3 is 4. The van der Waals surface area contributed by atoms with Crippen LogP contribution in [0.1, 0.15) is 74.3 Å². The third-order valence-electron chi connectivity index (χ3n) is 13.2. The number of aromatic nitrogens is 1. The molecule has 2 unspecified atom stereocenters. The average molecular weight is 972 g/mol. The van der Waals surface area contributed by atoms with Crippen LogP contribution < -0.4 is 39.1 Å². The highest BCUT2D eigenvalue weighted by Crippen LogP contribution is 2.56. The van der Waals surface area contributed by atoms with Crippen LogP contribution >= 0.6 is 11.6 Å². The third kappa shape index (κ3) is 9.26. The van der Waals surface area contributed by atoms with Crippen molar-refractivity contribution < 1.29 is 61.9 Å². The molecule has 17 heteroatoms. The number of fused-ring (bicyclic) bond motifs is 4. The number of nitrogens with one attached hydrogen (secondary N) is 2. The number of benzene rings is 5. The fourth-order valence-corrected chi connectivity index (χ4v) is 9.77. The number of rotatable bonds is 16. The van der Waals surface area contributed by atoms with E-state index in [1.165, 1.54) is 21.3 Å². The summed E-state index contributed by atoms with van der Waals surface area (Å²) in [7, 11) is 6.10. The maximum atomic E-state index is 13.7. The van der Waals surface area contributed by atoms with Crippen LogP contribution in [0, 0.1) is 18.8 Å². The van der Waals surface area contributed by atoms with Gasteiger partial charge in [0.25, 0.3) is 5.91 Å². The molecule has 6 aromatic rings. The van der Waals surface area contributed by atoms with Crippen LogP contribution in [-0.2, 0) is 48.2 Å². The maximum absolute atomic E-state index is 13.7. The molecule has 2 aliphatic heterocycles. The summed E-state index contributed by atoms with van der Waals surface area (Å²) in [5.41, 5.74) is 6.12. The predicted molar refractivity (Wildman–Crippen MR) is 255 cm³/mol. The molecule has 2 N–H and O–H groups in total. The first-order valence-corrected chi connectivity index (χ1v) is 23.0. The van der Waals surface area contributed by atoms with E-state index in [-0.39, 0.29) is 63.5 Å². The van der Waals surface area contributed by atoms with Crippen molar-refractivity contribution in [2.24, 2.45) is 11.8 Å². The van der Waals surface area contributed by atoms with E-state index in [1.807, 2.05) is 43.3 Å². The van der Waals surface area contributed by atoms with E-state index >= 15 is 0 Å². The van der Waals surface area contributed by atoms with Gasteiger partial charge in [-0.1, -0.05) is 35.9 Å². The first-order chi connectivity index (χ1) is 33.9. The minimum absolute atomic E-state index is 0.00793. The fourth-order valence-electron chi connectivity index (χ4n) is 9.64. The second-order valence-electron chi connectivity index (χ2n) is 17.1. The van der Waals surface area contributed by atoms with Crippen LogP contribution in [0.5, 0.6) is 34.5 Å². The number of cyclic esters (lactones) is 1. The van der Waals surface area contributed by atoms with E-state index in [9.17, 15) is 24.0 Å². The number of nitrogens with zero attached hydrogens (tertiary/aromatic N) is 1. The van der Waals surface area contributed by atoms with E-state index in [2.05, 4.69) is 10.6 Å². The first kappa shape index (κ1) is 47.4. The molecule has 3 heterocycles. The van der Waals surface area contributed by atoms with E-state index in [0.717, 1.165) is 16.5 Å². The summed E-state index contributed by atoms with van der Waals surface area (Å²) in [4.78, 5) is 67.3. The van der Waals surface area contributed by atoms with Gasteiger partial charge >= 0.3 is 11.9 Å². The molecule has 70 heavy (non-hydrogen) atoms. The Hall–Kier alpha value is -7.72. The standard InChI is InChI=1S/C53H50ClN3O13/c1-28-35(36-20-34(63-2)14-15-40(36)57(28)52(61)31-10-12-33(54)13-11-31)23-46(59)56-25-30-8-6-29(7-9-30)24-55-45(58)16-17-47(60)70-50-38-22-42-41(68-27-69-42)21-37(38)48(49-39(50)26-67-53(49)62)32-18-43(64-3)51(66-5)44(19-32)65-4/h6-15,18-22,39,48-50H,16-17,23-27H2,1-5H3,(H,55,58)(H,56,59)/t39?,48?,49-,50-/m1/s1. The molecule has 2 amide bonds. The molecular weight excluding hydrogens is 922 g/mol. The quantitative estimate of drug-likeness (QED) is 0.0908. The van der Waals surface area contributed by atoms with Gasteiger partial charge in [0.2, 0.25) is 24.4 Å². The second kappa shape index (κ2) is 20.1. The van der Waals surface area contributed by atoms with Gasteiger partial charge in [-0.3, -0.25) is 28.5 Å².